The second-order valence-electron chi connectivity index (χ2n) is 8.69. The van der Waals surface area contributed by atoms with E-state index in [1.807, 2.05) is 38.1 Å². The third-order valence-corrected chi connectivity index (χ3v) is 5.65. The Balaban J connectivity index is 1.41. The van der Waals surface area contributed by atoms with Crippen molar-refractivity contribution in [3.8, 4) is 0 Å². The van der Waals surface area contributed by atoms with Crippen molar-refractivity contribution < 1.29 is 14.6 Å². The summed E-state index contributed by atoms with van der Waals surface area (Å²) in [7, 11) is 0. The van der Waals surface area contributed by atoms with Gasteiger partial charge < -0.3 is 20.1 Å². The third-order valence-electron chi connectivity index (χ3n) is 5.65. The number of benzene rings is 1. The van der Waals surface area contributed by atoms with Crippen LogP contribution in [0.2, 0.25) is 0 Å². The highest BCUT2D eigenvalue weighted by atomic mass is 16.5. The van der Waals surface area contributed by atoms with Crippen LogP contribution in [0.4, 0.5) is 0 Å². The zero-order chi connectivity index (χ0) is 19.3. The quantitative estimate of drug-likeness (QED) is 0.770. The maximum absolute atomic E-state index is 12.5. The highest BCUT2D eigenvalue weighted by Crippen LogP contribution is 2.18. The first-order chi connectivity index (χ1) is 12.9. The van der Waals surface area contributed by atoms with Crippen LogP contribution in [0.5, 0.6) is 0 Å². The molecule has 2 heterocycles. The van der Waals surface area contributed by atoms with E-state index in [2.05, 4.69) is 10.2 Å². The lowest BCUT2D eigenvalue weighted by molar-refractivity contribution is 0.0613. The summed E-state index contributed by atoms with van der Waals surface area (Å²) in [6.45, 7) is 7.64. The number of amides is 1. The van der Waals surface area contributed by atoms with Gasteiger partial charge in [0, 0.05) is 37.8 Å². The summed E-state index contributed by atoms with van der Waals surface area (Å²) in [5.41, 5.74) is 1.20. The first kappa shape index (κ1) is 20.3. The number of piperidine rings is 1. The SMILES string of the molecule is CC(C)(O)CCc1ccc(C(=O)NC2CCN(C[C@H]3CCCO3)CC2)cc1. The Morgan fingerprint density at radius 3 is 2.52 bits per heavy atom. The van der Waals surface area contributed by atoms with Gasteiger partial charge in [-0.3, -0.25) is 4.79 Å². The molecule has 150 valence electrons. The van der Waals surface area contributed by atoms with Gasteiger partial charge in [0.2, 0.25) is 0 Å². The van der Waals surface area contributed by atoms with Crippen LogP contribution in [0.3, 0.4) is 0 Å². The van der Waals surface area contributed by atoms with Crippen LogP contribution in [0.1, 0.15) is 61.9 Å². The average molecular weight is 375 g/mol. The minimum Gasteiger partial charge on any atom is -0.390 e. The number of carbonyl (C=O) groups excluding carboxylic acids is 1. The van der Waals surface area contributed by atoms with Gasteiger partial charge in [-0.05, 0) is 70.1 Å². The van der Waals surface area contributed by atoms with Crippen molar-refractivity contribution in [2.45, 2.75) is 70.1 Å². The average Bonchev–Trinajstić information content (AvgIpc) is 3.14. The molecule has 5 heteroatoms. The van der Waals surface area contributed by atoms with Crippen LogP contribution >= 0.6 is 0 Å². The second kappa shape index (κ2) is 9.18. The maximum atomic E-state index is 12.5. The van der Waals surface area contributed by atoms with Crippen molar-refractivity contribution in [3.63, 3.8) is 0 Å². The molecule has 1 aromatic rings. The molecule has 1 atom stereocenters. The van der Waals surface area contributed by atoms with Gasteiger partial charge in [0.15, 0.2) is 0 Å². The summed E-state index contributed by atoms with van der Waals surface area (Å²) in [6, 6.07) is 8.02. The number of likely N-dealkylation sites (tertiary alicyclic amines) is 1. The highest BCUT2D eigenvalue weighted by molar-refractivity contribution is 5.94. The summed E-state index contributed by atoms with van der Waals surface area (Å²) in [5, 5.41) is 13.0. The fraction of sp³-hybridized carbons (Fsp3) is 0.682. The van der Waals surface area contributed by atoms with Gasteiger partial charge >= 0.3 is 0 Å². The van der Waals surface area contributed by atoms with Gasteiger partial charge in [0.25, 0.3) is 5.91 Å². The van der Waals surface area contributed by atoms with E-state index < -0.39 is 5.60 Å². The molecule has 1 amide bonds. The van der Waals surface area contributed by atoms with Crippen molar-refractivity contribution in [1.82, 2.24) is 10.2 Å². The molecule has 0 unspecified atom stereocenters. The number of nitrogens with one attached hydrogen (secondary N) is 1. The van der Waals surface area contributed by atoms with Gasteiger partial charge in [-0.25, -0.2) is 0 Å². The molecule has 2 fully saturated rings. The fourth-order valence-corrected chi connectivity index (χ4v) is 3.88. The first-order valence-corrected chi connectivity index (χ1v) is 10.4. The van der Waals surface area contributed by atoms with E-state index in [0.717, 1.165) is 51.1 Å². The first-order valence-electron chi connectivity index (χ1n) is 10.4. The molecule has 2 aliphatic rings. The van der Waals surface area contributed by atoms with E-state index in [9.17, 15) is 9.90 Å². The number of aryl methyl sites for hydroxylation is 1. The molecule has 0 bridgehead atoms. The van der Waals surface area contributed by atoms with E-state index in [1.54, 1.807) is 0 Å². The normalized spacial score (nSPS) is 22.1. The molecular weight excluding hydrogens is 340 g/mol. The van der Waals surface area contributed by atoms with Gasteiger partial charge in [-0.15, -0.1) is 0 Å². The van der Waals surface area contributed by atoms with Crippen LogP contribution in [0, 0.1) is 0 Å². The van der Waals surface area contributed by atoms with Crippen LogP contribution in [-0.4, -0.2) is 59.9 Å². The maximum Gasteiger partial charge on any atom is 0.251 e. The van der Waals surface area contributed by atoms with E-state index in [1.165, 1.54) is 12.8 Å². The molecule has 0 saturated carbocycles. The van der Waals surface area contributed by atoms with E-state index >= 15 is 0 Å². The van der Waals surface area contributed by atoms with Gasteiger partial charge in [0.05, 0.1) is 11.7 Å². The Morgan fingerprint density at radius 1 is 1.22 bits per heavy atom. The van der Waals surface area contributed by atoms with Crippen LogP contribution < -0.4 is 5.32 Å². The lowest BCUT2D eigenvalue weighted by Gasteiger charge is -2.33. The minimum atomic E-state index is -0.658. The van der Waals surface area contributed by atoms with Crippen molar-refractivity contribution >= 4 is 5.91 Å². The smallest absolute Gasteiger partial charge is 0.251 e. The molecule has 5 nitrogen and oxygen atoms in total. The molecule has 0 aliphatic carbocycles. The molecule has 0 radical (unpaired) electrons. The molecule has 0 spiro atoms. The Bertz CT molecular complexity index is 595. The number of nitrogens with zero attached hydrogens (tertiary/aromatic N) is 1. The number of ether oxygens (including phenoxy) is 1. The predicted octanol–water partition coefficient (Wildman–Crippen LogP) is 2.76. The molecule has 0 aromatic heterocycles. The lowest BCUT2D eigenvalue weighted by atomic mass is 9.98. The van der Waals surface area contributed by atoms with Crippen molar-refractivity contribution in [2.75, 3.05) is 26.2 Å². The predicted molar refractivity (Wildman–Crippen MR) is 107 cm³/mol. The summed E-state index contributed by atoms with van der Waals surface area (Å²) in [4.78, 5) is 15.0. The topological polar surface area (TPSA) is 61.8 Å². The largest absolute Gasteiger partial charge is 0.390 e. The number of carbonyl (C=O) groups is 1. The molecule has 3 rings (SSSR count). The number of hydrogen-bond acceptors (Lipinski definition) is 4. The minimum absolute atomic E-state index is 0.0154. The zero-order valence-electron chi connectivity index (χ0n) is 16.7. The Labute approximate surface area is 163 Å². The van der Waals surface area contributed by atoms with E-state index in [-0.39, 0.29) is 11.9 Å². The third kappa shape index (κ3) is 6.59. The Morgan fingerprint density at radius 2 is 1.93 bits per heavy atom. The highest BCUT2D eigenvalue weighted by Gasteiger charge is 2.24. The molecule has 2 aliphatic heterocycles. The Kier molecular flexibility index (Phi) is 6.90. The van der Waals surface area contributed by atoms with Crippen molar-refractivity contribution in [2.24, 2.45) is 0 Å². The molecule has 2 saturated heterocycles. The van der Waals surface area contributed by atoms with Gasteiger partial charge in [-0.2, -0.15) is 0 Å². The van der Waals surface area contributed by atoms with E-state index in [4.69, 9.17) is 4.74 Å². The van der Waals surface area contributed by atoms with E-state index in [0.29, 0.717) is 18.1 Å². The number of aliphatic hydroxyl groups is 1. The van der Waals surface area contributed by atoms with Crippen LogP contribution in [0.15, 0.2) is 24.3 Å². The van der Waals surface area contributed by atoms with Gasteiger partial charge in [-0.1, -0.05) is 12.1 Å². The second-order valence-corrected chi connectivity index (χ2v) is 8.69. The van der Waals surface area contributed by atoms with Crippen LogP contribution in [-0.2, 0) is 11.2 Å². The number of hydrogen-bond donors (Lipinski definition) is 2. The number of rotatable bonds is 7. The summed E-state index contributed by atoms with van der Waals surface area (Å²) in [5.74, 6) is 0.0154. The summed E-state index contributed by atoms with van der Waals surface area (Å²) in [6.07, 6.45) is 6.31. The van der Waals surface area contributed by atoms with Crippen molar-refractivity contribution in [3.05, 3.63) is 35.4 Å². The van der Waals surface area contributed by atoms with Crippen molar-refractivity contribution in [1.29, 1.82) is 0 Å². The standard InChI is InChI=1S/C22H34N2O3/c1-22(2,26)12-9-17-5-7-18(8-6-17)21(25)23-19-10-13-24(14-11-19)16-20-4-3-15-27-20/h5-8,19-20,26H,3-4,9-16H2,1-2H3,(H,23,25)/t20-/m1/s1. The monoisotopic (exact) mass is 374 g/mol. The lowest BCUT2D eigenvalue weighted by Crippen LogP contribution is -2.46. The molecule has 1 aromatic carbocycles. The Hall–Kier alpha value is -1.43. The molecule has 27 heavy (non-hydrogen) atoms. The van der Waals surface area contributed by atoms with Crippen LogP contribution in [0.25, 0.3) is 0 Å². The fourth-order valence-electron chi connectivity index (χ4n) is 3.88. The summed E-state index contributed by atoms with van der Waals surface area (Å²) < 4.78 is 5.73. The molecular formula is C22H34N2O3. The van der Waals surface area contributed by atoms with Gasteiger partial charge in [0.1, 0.15) is 0 Å². The molecule has 2 N–H and O–H groups in total. The summed E-state index contributed by atoms with van der Waals surface area (Å²) >= 11 is 0. The zero-order valence-corrected chi connectivity index (χ0v) is 16.7.